The predicted octanol–water partition coefficient (Wildman–Crippen LogP) is 5.62. The molecule has 0 saturated carbocycles. The third-order valence-electron chi connectivity index (χ3n) is 3.85. The highest BCUT2D eigenvalue weighted by Gasteiger charge is 2.15. The van der Waals surface area contributed by atoms with Crippen molar-refractivity contribution in [2.24, 2.45) is 0 Å². The van der Waals surface area contributed by atoms with E-state index in [-0.39, 0.29) is 11.3 Å². The molecule has 116 valence electrons. The second-order valence-electron chi connectivity index (χ2n) is 5.39. The van der Waals surface area contributed by atoms with Gasteiger partial charge in [-0.05, 0) is 35.7 Å². The van der Waals surface area contributed by atoms with E-state index in [4.69, 9.17) is 4.74 Å². The van der Waals surface area contributed by atoms with E-state index in [2.05, 4.69) is 0 Å². The van der Waals surface area contributed by atoms with Crippen LogP contribution in [-0.2, 0) is 0 Å². The quantitative estimate of drug-likeness (QED) is 0.610. The normalized spacial score (nSPS) is 10.6. The van der Waals surface area contributed by atoms with Crippen LogP contribution in [0.15, 0.2) is 60.7 Å². The van der Waals surface area contributed by atoms with Gasteiger partial charge in [-0.3, -0.25) is 0 Å². The number of ether oxygens (including phenoxy) is 1. The third-order valence-corrected chi connectivity index (χ3v) is 3.85. The van der Waals surface area contributed by atoms with Gasteiger partial charge in [0.15, 0.2) is 11.6 Å². The van der Waals surface area contributed by atoms with Crippen LogP contribution in [0.3, 0.4) is 0 Å². The van der Waals surface area contributed by atoms with Crippen molar-refractivity contribution < 1.29 is 13.5 Å². The van der Waals surface area contributed by atoms with Crippen LogP contribution in [0.5, 0.6) is 5.75 Å². The number of halogens is 2. The highest BCUT2D eigenvalue weighted by atomic mass is 19.2. The Hall–Kier alpha value is -2.68. The molecule has 0 amide bonds. The summed E-state index contributed by atoms with van der Waals surface area (Å²) >= 11 is 0. The monoisotopic (exact) mass is 310 g/mol. The van der Waals surface area contributed by atoms with Crippen molar-refractivity contribution in [1.82, 2.24) is 0 Å². The summed E-state index contributed by atoms with van der Waals surface area (Å²) in [6, 6.07) is 18.5. The van der Waals surface area contributed by atoms with Crippen LogP contribution in [0, 0.1) is 18.6 Å². The molecule has 3 heteroatoms. The Bertz CT molecular complexity index is 822. The summed E-state index contributed by atoms with van der Waals surface area (Å²) in [5.41, 5.74) is 4.16. The fraction of sp³-hybridized carbons (Fsp3) is 0.100. The van der Waals surface area contributed by atoms with Gasteiger partial charge in [-0.1, -0.05) is 54.1 Å². The maximum absolute atomic E-state index is 14.1. The van der Waals surface area contributed by atoms with E-state index < -0.39 is 11.6 Å². The molecule has 0 bridgehead atoms. The summed E-state index contributed by atoms with van der Waals surface area (Å²) in [5, 5.41) is 0. The zero-order valence-electron chi connectivity index (χ0n) is 12.9. The van der Waals surface area contributed by atoms with E-state index in [0.717, 1.165) is 11.1 Å². The molecule has 0 aliphatic heterocycles. The van der Waals surface area contributed by atoms with Gasteiger partial charge in [0.1, 0.15) is 0 Å². The Labute approximate surface area is 134 Å². The molecule has 3 rings (SSSR count). The molecule has 1 nitrogen and oxygen atoms in total. The number of hydrogen-bond donors (Lipinski definition) is 0. The predicted molar refractivity (Wildman–Crippen MR) is 88.5 cm³/mol. The lowest BCUT2D eigenvalue weighted by molar-refractivity contribution is 0.372. The van der Waals surface area contributed by atoms with Crippen LogP contribution < -0.4 is 4.74 Å². The van der Waals surface area contributed by atoms with E-state index in [0.29, 0.717) is 5.56 Å². The molecule has 0 heterocycles. The van der Waals surface area contributed by atoms with Crippen molar-refractivity contribution in [3.8, 4) is 28.0 Å². The fourth-order valence-corrected chi connectivity index (χ4v) is 2.50. The van der Waals surface area contributed by atoms with E-state index in [1.165, 1.54) is 24.8 Å². The number of hydrogen-bond acceptors (Lipinski definition) is 1. The molecular formula is C20H16F2O. The Morgan fingerprint density at radius 1 is 0.652 bits per heavy atom. The summed E-state index contributed by atoms with van der Waals surface area (Å²) in [6.45, 7) is 2.04. The minimum Gasteiger partial charge on any atom is -0.494 e. The van der Waals surface area contributed by atoms with Crippen LogP contribution in [0.4, 0.5) is 8.78 Å². The van der Waals surface area contributed by atoms with Crippen molar-refractivity contribution in [1.29, 1.82) is 0 Å². The van der Waals surface area contributed by atoms with E-state index in [1.54, 1.807) is 12.1 Å². The minimum atomic E-state index is -0.965. The fourth-order valence-electron chi connectivity index (χ4n) is 2.50. The van der Waals surface area contributed by atoms with Gasteiger partial charge < -0.3 is 4.74 Å². The summed E-state index contributed by atoms with van der Waals surface area (Å²) < 4.78 is 32.8. The van der Waals surface area contributed by atoms with Gasteiger partial charge in [0.25, 0.3) is 0 Å². The van der Waals surface area contributed by atoms with Crippen molar-refractivity contribution in [3.63, 3.8) is 0 Å². The first-order valence-electron chi connectivity index (χ1n) is 7.29. The molecule has 0 unspecified atom stereocenters. The van der Waals surface area contributed by atoms with Gasteiger partial charge in [-0.2, -0.15) is 4.39 Å². The largest absolute Gasteiger partial charge is 0.494 e. The molecule has 0 N–H and O–H groups in total. The Balaban J connectivity index is 1.97. The third kappa shape index (κ3) is 2.95. The van der Waals surface area contributed by atoms with Crippen LogP contribution in [0.1, 0.15) is 5.56 Å². The average Bonchev–Trinajstić information content (AvgIpc) is 2.58. The zero-order chi connectivity index (χ0) is 16.4. The standard InChI is InChI=1S/C20H16F2O/c1-13-3-5-14(6-4-13)15-7-9-16(10-8-15)17-11-12-18(23-2)20(22)19(17)21/h3-12H,1-2H3. The second-order valence-corrected chi connectivity index (χ2v) is 5.39. The first-order valence-corrected chi connectivity index (χ1v) is 7.29. The van der Waals surface area contributed by atoms with E-state index in [9.17, 15) is 8.78 Å². The molecule has 0 aliphatic rings. The molecule has 0 saturated heterocycles. The Morgan fingerprint density at radius 2 is 1.17 bits per heavy atom. The van der Waals surface area contributed by atoms with E-state index in [1.807, 2.05) is 43.3 Å². The molecule has 0 fully saturated rings. The first kappa shape index (κ1) is 15.2. The van der Waals surface area contributed by atoms with Gasteiger partial charge >= 0.3 is 0 Å². The van der Waals surface area contributed by atoms with Crippen molar-refractivity contribution in [2.45, 2.75) is 6.92 Å². The Kier molecular flexibility index (Phi) is 4.11. The minimum absolute atomic E-state index is 0.0949. The number of aryl methyl sites for hydroxylation is 1. The lowest BCUT2D eigenvalue weighted by Crippen LogP contribution is -1.94. The van der Waals surface area contributed by atoms with Crippen LogP contribution in [0.25, 0.3) is 22.3 Å². The molecule has 3 aromatic rings. The summed E-state index contributed by atoms with van der Waals surface area (Å²) in [6.07, 6.45) is 0. The topological polar surface area (TPSA) is 9.23 Å². The molecule has 0 aromatic heterocycles. The number of rotatable bonds is 3. The van der Waals surface area contributed by atoms with Gasteiger partial charge in [0, 0.05) is 5.56 Å². The molecular weight excluding hydrogens is 294 g/mol. The second kappa shape index (κ2) is 6.21. The molecule has 0 radical (unpaired) electrons. The molecule has 0 aliphatic carbocycles. The number of methoxy groups -OCH3 is 1. The van der Waals surface area contributed by atoms with Crippen molar-refractivity contribution in [2.75, 3.05) is 7.11 Å². The van der Waals surface area contributed by atoms with Crippen LogP contribution in [0.2, 0.25) is 0 Å². The van der Waals surface area contributed by atoms with E-state index >= 15 is 0 Å². The average molecular weight is 310 g/mol. The summed E-state index contributed by atoms with van der Waals surface area (Å²) in [7, 11) is 1.31. The van der Waals surface area contributed by atoms with Crippen LogP contribution in [-0.4, -0.2) is 7.11 Å². The number of benzene rings is 3. The van der Waals surface area contributed by atoms with Gasteiger partial charge in [-0.25, -0.2) is 4.39 Å². The highest BCUT2D eigenvalue weighted by Crippen LogP contribution is 2.31. The van der Waals surface area contributed by atoms with Crippen LogP contribution >= 0.6 is 0 Å². The van der Waals surface area contributed by atoms with Gasteiger partial charge in [0.2, 0.25) is 5.82 Å². The lowest BCUT2D eigenvalue weighted by Gasteiger charge is -2.09. The zero-order valence-corrected chi connectivity index (χ0v) is 12.9. The van der Waals surface area contributed by atoms with Crippen molar-refractivity contribution in [3.05, 3.63) is 77.9 Å². The summed E-state index contributed by atoms with van der Waals surface area (Å²) in [5.74, 6) is -1.96. The summed E-state index contributed by atoms with van der Waals surface area (Å²) in [4.78, 5) is 0. The van der Waals surface area contributed by atoms with Gasteiger partial charge in [0.05, 0.1) is 7.11 Å². The molecule has 3 aromatic carbocycles. The highest BCUT2D eigenvalue weighted by molar-refractivity contribution is 5.71. The first-order chi connectivity index (χ1) is 11.1. The molecule has 0 spiro atoms. The maximum Gasteiger partial charge on any atom is 0.201 e. The Morgan fingerprint density at radius 3 is 1.74 bits per heavy atom. The maximum atomic E-state index is 14.1. The smallest absolute Gasteiger partial charge is 0.201 e. The van der Waals surface area contributed by atoms with Crippen molar-refractivity contribution >= 4 is 0 Å². The lowest BCUT2D eigenvalue weighted by atomic mass is 9.99. The van der Waals surface area contributed by atoms with Gasteiger partial charge in [-0.15, -0.1) is 0 Å². The molecule has 0 atom stereocenters. The molecule has 23 heavy (non-hydrogen) atoms. The SMILES string of the molecule is COc1ccc(-c2ccc(-c3ccc(C)cc3)cc2)c(F)c1F.